The zero-order valence-corrected chi connectivity index (χ0v) is 13.9. The Kier molecular flexibility index (Phi) is 13.8. The minimum atomic E-state index is -1.11. The first-order valence-electron chi connectivity index (χ1n) is 7.58. The summed E-state index contributed by atoms with van der Waals surface area (Å²) in [4.78, 5) is 0. The highest BCUT2D eigenvalue weighted by atomic mass is 32.2. The Bertz CT molecular complexity index is 235. The Balaban J connectivity index is 3.92. The summed E-state index contributed by atoms with van der Waals surface area (Å²) in [6, 6.07) is 0. The molecular formula is C14H31NO5S. The van der Waals surface area contributed by atoms with E-state index in [9.17, 15) is 10.2 Å². The lowest BCUT2D eigenvalue weighted by Crippen LogP contribution is -2.39. The Morgan fingerprint density at radius 1 is 1.24 bits per heavy atom. The molecule has 0 fully saturated rings. The van der Waals surface area contributed by atoms with Crippen molar-refractivity contribution in [3.05, 3.63) is 0 Å². The molecule has 0 amide bonds. The van der Waals surface area contributed by atoms with Gasteiger partial charge in [0.1, 0.15) is 12.2 Å². The summed E-state index contributed by atoms with van der Waals surface area (Å²) < 4.78 is 10.9. The quantitative estimate of drug-likeness (QED) is 0.269. The van der Waals surface area contributed by atoms with Gasteiger partial charge in [-0.2, -0.15) is 11.8 Å². The number of rotatable bonds is 14. The van der Waals surface area contributed by atoms with Crippen molar-refractivity contribution in [1.82, 2.24) is 0 Å². The molecule has 128 valence electrons. The second-order valence-electron chi connectivity index (χ2n) is 4.93. The van der Waals surface area contributed by atoms with E-state index in [2.05, 4.69) is 0 Å². The number of thioether (sulfide) groups is 1. The van der Waals surface area contributed by atoms with Crippen molar-refractivity contribution in [1.29, 1.82) is 0 Å². The molecule has 0 rings (SSSR count). The van der Waals surface area contributed by atoms with Crippen molar-refractivity contribution in [3.8, 4) is 0 Å². The van der Waals surface area contributed by atoms with E-state index in [4.69, 9.17) is 20.3 Å². The summed E-state index contributed by atoms with van der Waals surface area (Å²) in [5, 5.41) is 28.5. The first-order valence-corrected chi connectivity index (χ1v) is 8.74. The summed E-state index contributed by atoms with van der Waals surface area (Å²) in [5.41, 5.74) is 5.40. The molecule has 0 saturated carbocycles. The van der Waals surface area contributed by atoms with Gasteiger partial charge in [0.15, 0.2) is 6.29 Å². The van der Waals surface area contributed by atoms with E-state index in [1.807, 2.05) is 6.92 Å². The van der Waals surface area contributed by atoms with Crippen LogP contribution in [0.5, 0.6) is 0 Å². The molecule has 0 aliphatic heterocycles. The zero-order chi connectivity index (χ0) is 16.1. The molecule has 21 heavy (non-hydrogen) atoms. The van der Waals surface area contributed by atoms with Crippen molar-refractivity contribution >= 4 is 11.8 Å². The van der Waals surface area contributed by atoms with Gasteiger partial charge >= 0.3 is 0 Å². The van der Waals surface area contributed by atoms with E-state index in [1.54, 1.807) is 18.7 Å². The maximum absolute atomic E-state index is 9.94. The second-order valence-corrected chi connectivity index (χ2v) is 6.16. The van der Waals surface area contributed by atoms with Gasteiger partial charge in [-0.3, -0.25) is 0 Å². The normalized spacial score (nSPS) is 17.4. The molecule has 0 aromatic heterocycles. The number of hydrogen-bond donors (Lipinski definition) is 4. The molecule has 7 heteroatoms. The summed E-state index contributed by atoms with van der Waals surface area (Å²) >= 11 is 1.78. The smallest absolute Gasteiger partial charge is 0.181 e. The van der Waals surface area contributed by atoms with Crippen molar-refractivity contribution in [3.63, 3.8) is 0 Å². The first kappa shape index (κ1) is 21.1. The lowest BCUT2D eigenvalue weighted by molar-refractivity contribution is -0.217. The van der Waals surface area contributed by atoms with E-state index >= 15 is 0 Å². The Morgan fingerprint density at radius 2 is 1.95 bits per heavy atom. The third-order valence-electron chi connectivity index (χ3n) is 2.98. The summed E-state index contributed by atoms with van der Waals surface area (Å²) in [6.07, 6.45) is -0.905. The van der Waals surface area contributed by atoms with Gasteiger partial charge in [-0.25, -0.2) is 0 Å². The number of aliphatic hydroxyl groups is 3. The third kappa shape index (κ3) is 10.5. The second kappa shape index (κ2) is 13.8. The average molecular weight is 325 g/mol. The Hall–Kier alpha value is 0.110. The number of aliphatic hydroxyl groups excluding tert-OH is 3. The van der Waals surface area contributed by atoms with Crippen molar-refractivity contribution in [2.24, 2.45) is 5.73 Å². The number of nitrogens with two attached hydrogens (primary N) is 1. The minimum absolute atomic E-state index is 0.384. The van der Waals surface area contributed by atoms with Crippen LogP contribution >= 0.6 is 11.8 Å². The standard InChI is InChI=1S/C14H31NO5S/c1-3-5-13(12(17)10-16)20-14(18)11(2)19-7-4-8-21-9-6-15/h11-14,16-18H,3-10,15H2,1-2H3/t11-,12-,13?,14?/m0/s1. The molecule has 0 aromatic rings. The Labute approximate surface area is 132 Å². The molecule has 0 saturated heterocycles. The van der Waals surface area contributed by atoms with Gasteiger partial charge in [0.05, 0.1) is 12.7 Å². The Morgan fingerprint density at radius 3 is 2.52 bits per heavy atom. The maximum Gasteiger partial charge on any atom is 0.181 e. The topological polar surface area (TPSA) is 105 Å². The summed E-state index contributed by atoms with van der Waals surface area (Å²) in [7, 11) is 0. The fraction of sp³-hybridized carbons (Fsp3) is 1.00. The van der Waals surface area contributed by atoms with Gasteiger partial charge in [0, 0.05) is 18.9 Å². The van der Waals surface area contributed by atoms with E-state index in [0.29, 0.717) is 19.6 Å². The van der Waals surface area contributed by atoms with Crippen LogP contribution in [0.3, 0.4) is 0 Å². The molecule has 0 aliphatic rings. The van der Waals surface area contributed by atoms with E-state index in [0.717, 1.165) is 24.3 Å². The fourth-order valence-corrected chi connectivity index (χ4v) is 2.43. The predicted molar refractivity (Wildman–Crippen MR) is 85.3 cm³/mol. The predicted octanol–water partition coefficient (Wildman–Crippen LogP) is 0.330. The van der Waals surface area contributed by atoms with Gasteiger partial charge in [0.2, 0.25) is 0 Å². The van der Waals surface area contributed by atoms with Crippen molar-refractivity contribution < 1.29 is 24.8 Å². The van der Waals surface area contributed by atoms with Crippen LogP contribution in [0.25, 0.3) is 0 Å². The summed E-state index contributed by atoms with van der Waals surface area (Å²) in [5.74, 6) is 1.92. The highest BCUT2D eigenvalue weighted by Gasteiger charge is 2.25. The highest BCUT2D eigenvalue weighted by molar-refractivity contribution is 7.99. The molecule has 2 unspecified atom stereocenters. The van der Waals surface area contributed by atoms with Crippen LogP contribution in [0.15, 0.2) is 0 Å². The molecule has 0 aliphatic carbocycles. The van der Waals surface area contributed by atoms with Gasteiger partial charge < -0.3 is 30.5 Å². The van der Waals surface area contributed by atoms with Crippen LogP contribution in [-0.4, -0.2) is 71.2 Å². The van der Waals surface area contributed by atoms with Gasteiger partial charge in [-0.15, -0.1) is 0 Å². The SMILES string of the molecule is CCCC(OC(O)[C@H](C)OCCCSCCN)[C@@H](O)CO. The maximum atomic E-state index is 9.94. The first-order chi connectivity index (χ1) is 10.1. The van der Waals surface area contributed by atoms with E-state index in [-0.39, 0.29) is 6.61 Å². The molecule has 6 nitrogen and oxygen atoms in total. The van der Waals surface area contributed by atoms with Crippen molar-refractivity contribution in [2.45, 2.75) is 57.7 Å². The van der Waals surface area contributed by atoms with Crippen LogP contribution in [0.1, 0.15) is 33.1 Å². The third-order valence-corrected chi connectivity index (χ3v) is 4.08. The largest absolute Gasteiger partial charge is 0.394 e. The van der Waals surface area contributed by atoms with Crippen LogP contribution in [0.2, 0.25) is 0 Å². The molecule has 5 N–H and O–H groups in total. The molecular weight excluding hydrogens is 294 g/mol. The molecule has 0 spiro atoms. The molecule has 0 bridgehead atoms. The average Bonchev–Trinajstić information content (AvgIpc) is 2.49. The van der Waals surface area contributed by atoms with Crippen LogP contribution < -0.4 is 5.73 Å². The summed E-state index contributed by atoms with van der Waals surface area (Å²) in [6.45, 7) is 4.52. The van der Waals surface area contributed by atoms with Crippen molar-refractivity contribution in [2.75, 3.05) is 31.3 Å². The fourth-order valence-electron chi connectivity index (χ4n) is 1.74. The molecule has 4 atom stereocenters. The minimum Gasteiger partial charge on any atom is -0.394 e. The van der Waals surface area contributed by atoms with E-state index < -0.39 is 24.6 Å². The lowest BCUT2D eigenvalue weighted by atomic mass is 10.1. The van der Waals surface area contributed by atoms with Crippen LogP contribution in [0, 0.1) is 0 Å². The molecule has 0 radical (unpaired) electrons. The number of hydrogen-bond acceptors (Lipinski definition) is 7. The van der Waals surface area contributed by atoms with Crippen LogP contribution in [0.4, 0.5) is 0 Å². The monoisotopic (exact) mass is 325 g/mol. The molecule has 0 heterocycles. The lowest BCUT2D eigenvalue weighted by Gasteiger charge is -2.27. The number of ether oxygens (including phenoxy) is 2. The zero-order valence-electron chi connectivity index (χ0n) is 13.1. The molecule has 0 aromatic carbocycles. The van der Waals surface area contributed by atoms with Gasteiger partial charge in [-0.1, -0.05) is 13.3 Å². The van der Waals surface area contributed by atoms with E-state index in [1.165, 1.54) is 0 Å². The van der Waals surface area contributed by atoms with Crippen LogP contribution in [-0.2, 0) is 9.47 Å². The highest BCUT2D eigenvalue weighted by Crippen LogP contribution is 2.13. The van der Waals surface area contributed by atoms with Gasteiger partial charge in [-0.05, 0) is 25.5 Å². The van der Waals surface area contributed by atoms with Gasteiger partial charge in [0.25, 0.3) is 0 Å².